The molecule has 0 saturated carbocycles. The molecule has 4 nitrogen and oxygen atoms in total. The van der Waals surface area contributed by atoms with Crippen molar-refractivity contribution in [1.29, 1.82) is 0 Å². The lowest BCUT2D eigenvalue weighted by Gasteiger charge is -2.41. The summed E-state index contributed by atoms with van der Waals surface area (Å²) in [4.78, 5) is 0. The van der Waals surface area contributed by atoms with Gasteiger partial charge in [0.15, 0.2) is 0 Å². The highest BCUT2D eigenvalue weighted by atomic mass is 32.2. The Labute approximate surface area is 229 Å². The molecule has 5 heteroatoms. The van der Waals surface area contributed by atoms with Gasteiger partial charge >= 0.3 is 0 Å². The van der Waals surface area contributed by atoms with Crippen molar-refractivity contribution in [3.8, 4) is 0 Å². The largest absolute Gasteiger partial charge is 0.385 e. The molecule has 0 amide bonds. The van der Waals surface area contributed by atoms with Crippen molar-refractivity contribution in [3.05, 3.63) is 34.4 Å². The smallest absolute Gasteiger partial charge is 0.270 e. The maximum Gasteiger partial charge on any atom is 0.270 e. The first-order valence-corrected chi connectivity index (χ1v) is 15.7. The Hall–Kier alpha value is -0.910. The van der Waals surface area contributed by atoms with Gasteiger partial charge in [-0.3, -0.25) is 4.55 Å². The van der Waals surface area contributed by atoms with Gasteiger partial charge in [-0.2, -0.15) is 8.42 Å². The molecule has 1 rings (SSSR count). The quantitative estimate of drug-likeness (QED) is 0.246. The Morgan fingerprint density at radius 2 is 1.16 bits per heavy atom. The van der Waals surface area contributed by atoms with E-state index in [4.69, 9.17) is 0 Å². The zero-order valence-electron chi connectivity index (χ0n) is 26.4. The fourth-order valence-electron chi connectivity index (χ4n) is 6.73. The molecule has 2 unspecified atom stereocenters. The van der Waals surface area contributed by atoms with Crippen molar-refractivity contribution in [2.45, 2.75) is 150 Å². The van der Waals surface area contributed by atoms with Crippen LogP contribution < -0.4 is 0 Å². The lowest BCUT2D eigenvalue weighted by molar-refractivity contribution is 0.0334. The minimum absolute atomic E-state index is 0.189. The van der Waals surface area contributed by atoms with E-state index in [1.807, 2.05) is 6.92 Å². The van der Waals surface area contributed by atoms with Crippen LogP contribution in [0.5, 0.6) is 0 Å². The Kier molecular flexibility index (Phi) is 10.8. The van der Waals surface area contributed by atoms with Crippen LogP contribution in [0, 0.1) is 17.8 Å². The standard InChI is InChI=1S/C32H58O4S/c1-21(2)15-24(7)25-16-27(30(10,11)20-31(12,13)37(34,35)36)28(29(8,9)18-22(3)4)17-26(25)32(14,33)19-23(5)6/h16-17,21-24,33H,15,18-20H2,1-14H3,(H,34,35,36). The molecule has 0 saturated heterocycles. The summed E-state index contributed by atoms with van der Waals surface area (Å²) in [6.45, 7) is 29.3. The average molecular weight is 539 g/mol. The molecule has 1 aromatic carbocycles. The third kappa shape index (κ3) is 8.80. The minimum Gasteiger partial charge on any atom is -0.385 e. The number of rotatable bonds is 13. The topological polar surface area (TPSA) is 74.6 Å². The Balaban J connectivity index is 4.12. The normalized spacial score (nSPS) is 16.5. The van der Waals surface area contributed by atoms with Crippen LogP contribution in [-0.2, 0) is 26.5 Å². The Morgan fingerprint density at radius 3 is 1.57 bits per heavy atom. The summed E-state index contributed by atoms with van der Waals surface area (Å²) >= 11 is 0. The van der Waals surface area contributed by atoms with Crippen LogP contribution >= 0.6 is 0 Å². The van der Waals surface area contributed by atoms with Crippen LogP contribution in [0.1, 0.15) is 151 Å². The molecule has 0 aliphatic heterocycles. The van der Waals surface area contributed by atoms with Gasteiger partial charge in [0.2, 0.25) is 0 Å². The predicted octanol–water partition coefficient (Wildman–Crippen LogP) is 8.75. The Bertz CT molecular complexity index is 1010. The van der Waals surface area contributed by atoms with Gasteiger partial charge in [0.25, 0.3) is 10.1 Å². The van der Waals surface area contributed by atoms with E-state index in [1.165, 1.54) is 0 Å². The van der Waals surface area contributed by atoms with Crippen molar-refractivity contribution in [2.75, 3.05) is 0 Å². The molecule has 0 aliphatic rings. The summed E-state index contributed by atoms with van der Waals surface area (Å²) in [7, 11) is -4.24. The highest BCUT2D eigenvalue weighted by Gasteiger charge is 2.42. The summed E-state index contributed by atoms with van der Waals surface area (Å²) in [6, 6.07) is 4.52. The maximum absolute atomic E-state index is 12.3. The van der Waals surface area contributed by atoms with Crippen LogP contribution in [0.25, 0.3) is 0 Å². The van der Waals surface area contributed by atoms with E-state index in [0.717, 1.165) is 35.1 Å². The van der Waals surface area contributed by atoms with Crippen molar-refractivity contribution < 1.29 is 18.1 Å². The molecular weight excluding hydrogens is 480 g/mol. The average Bonchev–Trinajstić information content (AvgIpc) is 2.62. The van der Waals surface area contributed by atoms with E-state index < -0.39 is 25.9 Å². The van der Waals surface area contributed by atoms with Gasteiger partial charge in [0.1, 0.15) is 0 Å². The summed E-state index contributed by atoms with van der Waals surface area (Å²) in [5, 5.41) is 11.9. The SMILES string of the molecule is CC(C)CC(C)c1cc(C(C)(C)CC(C)(C)S(=O)(=O)O)c(C(C)(C)CC(C)C)cc1C(C)(O)CC(C)C. The molecule has 0 radical (unpaired) electrons. The van der Waals surface area contributed by atoms with Crippen LogP contribution in [0.4, 0.5) is 0 Å². The molecule has 2 atom stereocenters. The summed E-state index contributed by atoms with van der Waals surface area (Å²) < 4.78 is 33.3. The highest BCUT2D eigenvalue weighted by molar-refractivity contribution is 7.87. The van der Waals surface area contributed by atoms with Crippen molar-refractivity contribution in [3.63, 3.8) is 0 Å². The van der Waals surface area contributed by atoms with E-state index in [-0.39, 0.29) is 17.8 Å². The lowest BCUT2D eigenvalue weighted by atomic mass is 9.65. The number of hydrogen-bond donors (Lipinski definition) is 2. The fraction of sp³-hybridized carbons (Fsp3) is 0.812. The maximum atomic E-state index is 12.3. The van der Waals surface area contributed by atoms with Gasteiger partial charge in [0.05, 0.1) is 10.3 Å². The van der Waals surface area contributed by atoms with Crippen molar-refractivity contribution >= 4 is 10.1 Å². The van der Waals surface area contributed by atoms with E-state index in [2.05, 4.69) is 88.3 Å². The zero-order valence-corrected chi connectivity index (χ0v) is 27.2. The second-order valence-electron chi connectivity index (χ2n) is 15.2. The monoisotopic (exact) mass is 538 g/mol. The van der Waals surface area contributed by atoms with Crippen LogP contribution in [0.15, 0.2) is 12.1 Å². The molecule has 1 aromatic rings. The second kappa shape index (κ2) is 11.7. The van der Waals surface area contributed by atoms with E-state index in [9.17, 15) is 18.1 Å². The lowest BCUT2D eigenvalue weighted by Crippen LogP contribution is -2.40. The molecule has 0 fully saturated rings. The number of hydrogen-bond acceptors (Lipinski definition) is 3. The van der Waals surface area contributed by atoms with E-state index in [0.29, 0.717) is 24.2 Å². The van der Waals surface area contributed by atoms with E-state index >= 15 is 0 Å². The third-order valence-corrected chi connectivity index (χ3v) is 9.42. The molecule has 0 spiro atoms. The molecule has 0 aromatic heterocycles. The van der Waals surface area contributed by atoms with Gasteiger partial charge in [-0.05, 0) is 103 Å². The van der Waals surface area contributed by atoms with Gasteiger partial charge in [-0.1, -0.05) is 88.3 Å². The number of aliphatic hydroxyl groups is 1. The predicted molar refractivity (Wildman–Crippen MR) is 159 cm³/mol. The van der Waals surface area contributed by atoms with Crippen LogP contribution in [-0.4, -0.2) is 22.8 Å². The van der Waals surface area contributed by atoms with Crippen molar-refractivity contribution in [2.24, 2.45) is 17.8 Å². The molecule has 0 heterocycles. The zero-order chi connectivity index (χ0) is 29.4. The number of benzene rings is 1. The summed E-state index contributed by atoms with van der Waals surface area (Å²) in [6.07, 6.45) is 2.90. The first-order chi connectivity index (χ1) is 16.3. The van der Waals surface area contributed by atoms with Gasteiger partial charge < -0.3 is 5.11 Å². The molecular formula is C32H58O4S. The highest BCUT2D eigenvalue weighted by Crippen LogP contribution is 2.47. The summed E-state index contributed by atoms with van der Waals surface area (Å²) in [5.74, 6) is 1.55. The molecule has 0 bridgehead atoms. The third-order valence-electron chi connectivity index (χ3n) is 7.87. The minimum atomic E-state index is -4.24. The Morgan fingerprint density at radius 1 is 0.703 bits per heavy atom. The first-order valence-electron chi connectivity index (χ1n) is 14.2. The molecule has 37 heavy (non-hydrogen) atoms. The molecule has 216 valence electrons. The summed E-state index contributed by atoms with van der Waals surface area (Å²) in [5.41, 5.74) is 2.73. The van der Waals surface area contributed by atoms with Gasteiger partial charge in [-0.15, -0.1) is 0 Å². The van der Waals surface area contributed by atoms with Crippen LogP contribution in [0.2, 0.25) is 0 Å². The fourth-order valence-corrected chi connectivity index (χ4v) is 7.27. The second-order valence-corrected chi connectivity index (χ2v) is 17.2. The van der Waals surface area contributed by atoms with Crippen molar-refractivity contribution in [1.82, 2.24) is 0 Å². The van der Waals surface area contributed by atoms with Gasteiger partial charge in [-0.25, -0.2) is 0 Å². The molecule has 2 N–H and O–H groups in total. The van der Waals surface area contributed by atoms with Crippen LogP contribution in [0.3, 0.4) is 0 Å². The molecule has 0 aliphatic carbocycles. The first kappa shape index (κ1) is 34.1. The van der Waals surface area contributed by atoms with Gasteiger partial charge in [0, 0.05) is 0 Å². The van der Waals surface area contributed by atoms with E-state index in [1.54, 1.807) is 13.8 Å².